The number of ether oxygens (including phenoxy) is 6. The summed E-state index contributed by atoms with van der Waals surface area (Å²) in [6.07, 6.45) is 42.5. The van der Waals surface area contributed by atoms with Crippen molar-refractivity contribution in [1.29, 1.82) is 0 Å². The first-order valence-corrected chi connectivity index (χ1v) is 40.8. The number of aliphatic hydroxyl groups excluding tert-OH is 11. The van der Waals surface area contributed by atoms with Gasteiger partial charge in [0.25, 0.3) is 0 Å². The molecule has 3 aliphatic rings. The fourth-order valence-corrected chi connectivity index (χ4v) is 14.4. The van der Waals surface area contributed by atoms with Crippen molar-refractivity contribution in [1.82, 2.24) is 5.32 Å². The third kappa shape index (κ3) is 40.6. The van der Waals surface area contributed by atoms with Gasteiger partial charge in [0.2, 0.25) is 5.91 Å². The van der Waals surface area contributed by atoms with Crippen molar-refractivity contribution < 1.29 is 89.4 Å². The van der Waals surface area contributed by atoms with Gasteiger partial charge < -0.3 is 89.9 Å². The molecule has 0 radical (unpaired) electrons. The Kier molecular flexibility index (Phi) is 55.8. The molecule has 0 aromatic heterocycles. The van der Waals surface area contributed by atoms with Gasteiger partial charge in [-0.1, -0.05) is 341 Å². The molecule has 0 aromatic rings. The van der Waals surface area contributed by atoms with Crippen LogP contribution in [0, 0.1) is 0 Å². The van der Waals surface area contributed by atoms with Crippen LogP contribution in [-0.2, 0) is 33.2 Å². The molecule has 3 fully saturated rings. The normalized spacial score (nSPS) is 26.8. The van der Waals surface area contributed by atoms with E-state index in [4.69, 9.17) is 28.4 Å². The number of carbonyl (C=O) groups excluding carboxylic acids is 1. The van der Waals surface area contributed by atoms with Gasteiger partial charge in [-0.15, -0.1) is 0 Å². The largest absolute Gasteiger partial charge is 0.394 e. The summed E-state index contributed by atoms with van der Waals surface area (Å²) in [6, 6.07) is -0.881. The zero-order valence-electron chi connectivity index (χ0n) is 61.6. The summed E-state index contributed by atoms with van der Waals surface area (Å²) in [4.78, 5) is 13.4. The molecule has 576 valence electrons. The molecule has 3 rings (SSSR count). The monoisotopic (exact) mass is 1390 g/mol. The lowest BCUT2D eigenvalue weighted by atomic mass is 9.96. The molecule has 12 N–H and O–H groups in total. The summed E-state index contributed by atoms with van der Waals surface area (Å²) in [5, 5.41) is 121. The maximum Gasteiger partial charge on any atom is 0.220 e. The molecular weight excluding hydrogens is 1240 g/mol. The van der Waals surface area contributed by atoms with Crippen molar-refractivity contribution >= 4 is 5.91 Å². The van der Waals surface area contributed by atoms with E-state index in [1.54, 1.807) is 0 Å². The van der Waals surface area contributed by atoms with Crippen molar-refractivity contribution in [3.05, 3.63) is 0 Å². The minimum atomic E-state index is -1.97. The van der Waals surface area contributed by atoms with Crippen LogP contribution in [0.25, 0.3) is 0 Å². The molecular formula is C78H151NO18. The van der Waals surface area contributed by atoms with Gasteiger partial charge in [-0.3, -0.25) is 4.79 Å². The SMILES string of the molecule is CCCCCCCCCCCCCCCCCCCCCCCCCCCCCCCCCCCCCCCCCCC(=O)NC(COC1OC(CO)C(OC2OC(CO)C(OC3OC(CO)C(O)C(O)C3O)C(O)C2O)C(O)C1O)C(O)CCCCCCCCCCCCCC. The van der Waals surface area contributed by atoms with Crippen LogP contribution < -0.4 is 5.32 Å². The van der Waals surface area contributed by atoms with Crippen molar-refractivity contribution in [2.75, 3.05) is 26.4 Å². The van der Waals surface area contributed by atoms with Crippen molar-refractivity contribution in [3.63, 3.8) is 0 Å². The molecule has 3 saturated heterocycles. The van der Waals surface area contributed by atoms with E-state index in [0.717, 1.165) is 44.9 Å². The molecule has 19 heteroatoms. The summed E-state index contributed by atoms with van der Waals surface area (Å²) in [6.45, 7) is 1.84. The van der Waals surface area contributed by atoms with E-state index in [0.29, 0.717) is 12.8 Å². The number of rotatable bonds is 66. The standard InChI is InChI=1S/C78H151NO18/c1-3-5-7-9-11-13-15-17-18-19-20-21-22-23-24-25-26-27-28-29-30-31-32-33-34-35-36-37-38-39-40-41-42-43-44-46-48-50-52-54-56-66(84)79-61(62(83)55-53-51-49-47-45-16-14-12-10-8-6-4-2)60-92-76-72(90)69(87)74(64(58-81)94-76)97-78-73(91)70(88)75(65(59-82)95-78)96-77-71(89)68(86)67(85)63(57-80)93-77/h61-65,67-78,80-83,85-91H,3-60H2,1-2H3,(H,79,84). The Hall–Kier alpha value is -1.21. The Morgan fingerprint density at radius 3 is 0.897 bits per heavy atom. The minimum absolute atomic E-state index is 0.235. The van der Waals surface area contributed by atoms with E-state index in [2.05, 4.69) is 19.2 Å². The number of amides is 1. The summed E-state index contributed by atoms with van der Waals surface area (Å²) >= 11 is 0. The average molecular weight is 1390 g/mol. The number of unbranched alkanes of at least 4 members (excludes halogenated alkanes) is 50. The molecule has 17 atom stereocenters. The van der Waals surface area contributed by atoms with Crippen LogP contribution in [0.3, 0.4) is 0 Å². The number of nitrogens with one attached hydrogen (secondary N) is 1. The second-order valence-corrected chi connectivity index (χ2v) is 29.6. The van der Waals surface area contributed by atoms with Crippen molar-refractivity contribution in [3.8, 4) is 0 Å². The van der Waals surface area contributed by atoms with E-state index in [9.17, 15) is 61.0 Å². The Bertz CT molecular complexity index is 1760. The number of hydrogen-bond acceptors (Lipinski definition) is 18. The maximum absolute atomic E-state index is 13.4. The van der Waals surface area contributed by atoms with Crippen LogP contribution in [0.4, 0.5) is 0 Å². The molecule has 0 saturated carbocycles. The van der Waals surface area contributed by atoms with Crippen LogP contribution in [0.15, 0.2) is 0 Å². The molecule has 19 nitrogen and oxygen atoms in total. The molecule has 0 spiro atoms. The van der Waals surface area contributed by atoms with Crippen LogP contribution in [0.1, 0.15) is 361 Å². The number of hydrogen-bond donors (Lipinski definition) is 12. The molecule has 0 aliphatic carbocycles. The van der Waals surface area contributed by atoms with E-state index in [1.807, 2.05) is 0 Å². The zero-order chi connectivity index (χ0) is 70.4. The molecule has 1 amide bonds. The highest BCUT2D eigenvalue weighted by Crippen LogP contribution is 2.33. The fraction of sp³-hybridized carbons (Fsp3) is 0.987. The van der Waals surface area contributed by atoms with Gasteiger partial charge in [0.15, 0.2) is 18.9 Å². The Morgan fingerprint density at radius 1 is 0.330 bits per heavy atom. The molecule has 0 bridgehead atoms. The Balaban J connectivity index is 1.25. The van der Waals surface area contributed by atoms with E-state index < -0.39 is 124 Å². The highest BCUT2D eigenvalue weighted by Gasteiger charge is 2.54. The van der Waals surface area contributed by atoms with E-state index in [-0.39, 0.29) is 18.9 Å². The third-order valence-corrected chi connectivity index (χ3v) is 20.9. The highest BCUT2D eigenvalue weighted by atomic mass is 16.8. The van der Waals surface area contributed by atoms with Gasteiger partial charge in [0.1, 0.15) is 73.2 Å². The average Bonchev–Trinajstić information content (AvgIpc) is 0.807. The summed E-state index contributed by atoms with van der Waals surface area (Å²) in [5.74, 6) is -0.235. The highest BCUT2D eigenvalue weighted by molar-refractivity contribution is 5.76. The van der Waals surface area contributed by atoms with Gasteiger partial charge in [0, 0.05) is 6.42 Å². The minimum Gasteiger partial charge on any atom is -0.394 e. The van der Waals surface area contributed by atoms with Gasteiger partial charge in [-0.05, 0) is 12.8 Å². The van der Waals surface area contributed by atoms with E-state index in [1.165, 1.54) is 283 Å². The topological polar surface area (TPSA) is 307 Å². The lowest BCUT2D eigenvalue weighted by Gasteiger charge is -2.48. The molecule has 97 heavy (non-hydrogen) atoms. The van der Waals surface area contributed by atoms with Crippen LogP contribution in [-0.4, -0.2) is 193 Å². The predicted octanol–water partition coefficient (Wildman–Crippen LogP) is 13.4. The molecule has 3 heterocycles. The van der Waals surface area contributed by atoms with Crippen molar-refractivity contribution in [2.24, 2.45) is 0 Å². The van der Waals surface area contributed by atoms with Crippen LogP contribution >= 0.6 is 0 Å². The zero-order valence-corrected chi connectivity index (χ0v) is 61.6. The number of aliphatic hydroxyl groups is 11. The second-order valence-electron chi connectivity index (χ2n) is 29.6. The van der Waals surface area contributed by atoms with Crippen LogP contribution in [0.2, 0.25) is 0 Å². The summed E-state index contributed by atoms with van der Waals surface area (Å²) in [5.41, 5.74) is 0. The first-order chi connectivity index (χ1) is 47.3. The Morgan fingerprint density at radius 2 is 0.588 bits per heavy atom. The second kappa shape index (κ2) is 60.1. The van der Waals surface area contributed by atoms with Gasteiger partial charge >= 0.3 is 0 Å². The predicted molar refractivity (Wildman–Crippen MR) is 384 cm³/mol. The quantitative estimate of drug-likeness (QED) is 0.0252. The molecule has 17 unspecified atom stereocenters. The van der Waals surface area contributed by atoms with Gasteiger partial charge in [-0.2, -0.15) is 0 Å². The van der Waals surface area contributed by atoms with E-state index >= 15 is 0 Å². The number of carbonyl (C=O) groups is 1. The summed E-state index contributed by atoms with van der Waals surface area (Å²) < 4.78 is 34.4. The third-order valence-electron chi connectivity index (χ3n) is 20.9. The Labute approximate surface area is 589 Å². The maximum atomic E-state index is 13.4. The molecule has 3 aliphatic heterocycles. The first-order valence-electron chi connectivity index (χ1n) is 40.8. The van der Waals surface area contributed by atoms with Crippen molar-refractivity contribution in [2.45, 2.75) is 465 Å². The first kappa shape index (κ1) is 90.0. The lowest BCUT2D eigenvalue weighted by Crippen LogP contribution is -2.66. The van der Waals surface area contributed by atoms with Gasteiger partial charge in [0.05, 0.1) is 38.6 Å². The smallest absolute Gasteiger partial charge is 0.220 e. The van der Waals surface area contributed by atoms with Crippen LogP contribution in [0.5, 0.6) is 0 Å². The lowest BCUT2D eigenvalue weighted by molar-refractivity contribution is -0.379. The summed E-state index contributed by atoms with van der Waals surface area (Å²) in [7, 11) is 0. The van der Waals surface area contributed by atoms with Gasteiger partial charge in [-0.25, -0.2) is 0 Å². The fourth-order valence-electron chi connectivity index (χ4n) is 14.4. The molecule has 0 aromatic carbocycles.